The van der Waals surface area contributed by atoms with E-state index in [-0.39, 0.29) is 0 Å². The van der Waals surface area contributed by atoms with Crippen LogP contribution in [0.1, 0.15) is 65.7 Å². The first kappa shape index (κ1) is 14.3. The smallest absolute Gasteiger partial charge is 0.0224 e. The summed E-state index contributed by atoms with van der Waals surface area (Å²) in [5.74, 6) is 1.84. The molecule has 1 heterocycles. The van der Waals surface area contributed by atoms with Crippen LogP contribution < -0.4 is 5.73 Å². The van der Waals surface area contributed by atoms with Crippen LogP contribution in [-0.4, -0.2) is 29.6 Å². The van der Waals surface area contributed by atoms with Crippen LogP contribution in [0.4, 0.5) is 0 Å². The molecule has 2 fully saturated rings. The zero-order chi connectivity index (χ0) is 13.1. The van der Waals surface area contributed by atoms with Crippen LogP contribution in [0.2, 0.25) is 0 Å². The van der Waals surface area contributed by atoms with Gasteiger partial charge >= 0.3 is 0 Å². The summed E-state index contributed by atoms with van der Waals surface area (Å²) in [7, 11) is 0. The minimum absolute atomic E-state index is 0.661. The zero-order valence-corrected chi connectivity index (χ0v) is 12.6. The summed E-state index contributed by atoms with van der Waals surface area (Å²) in [5, 5.41) is 0. The van der Waals surface area contributed by atoms with E-state index in [1.807, 2.05) is 0 Å². The second-order valence-corrected chi connectivity index (χ2v) is 6.93. The van der Waals surface area contributed by atoms with Crippen LogP contribution in [0.3, 0.4) is 0 Å². The van der Waals surface area contributed by atoms with Crippen molar-refractivity contribution in [2.45, 2.75) is 83.8 Å². The Labute approximate surface area is 113 Å². The first-order chi connectivity index (χ1) is 8.63. The molecule has 2 N–H and O–H groups in total. The predicted octanol–water partition coefficient (Wildman–Crippen LogP) is 3.40. The molecule has 0 spiro atoms. The maximum absolute atomic E-state index is 6.00. The molecule has 0 aromatic heterocycles. The number of hydrogen-bond acceptors (Lipinski definition) is 2. The largest absolute Gasteiger partial charge is 0.329 e. The molecule has 18 heavy (non-hydrogen) atoms. The van der Waals surface area contributed by atoms with E-state index in [0.717, 1.165) is 30.5 Å². The van der Waals surface area contributed by atoms with Crippen molar-refractivity contribution in [2.75, 3.05) is 6.54 Å². The van der Waals surface area contributed by atoms with Crippen molar-refractivity contribution in [3.63, 3.8) is 0 Å². The Hall–Kier alpha value is -0.0800. The Morgan fingerprint density at radius 2 is 1.72 bits per heavy atom. The monoisotopic (exact) mass is 252 g/mol. The molecule has 2 nitrogen and oxygen atoms in total. The van der Waals surface area contributed by atoms with E-state index < -0.39 is 0 Å². The Morgan fingerprint density at radius 1 is 1.06 bits per heavy atom. The molecule has 0 radical (unpaired) electrons. The molecule has 0 amide bonds. The molecule has 0 bridgehead atoms. The maximum atomic E-state index is 6.00. The molecule has 106 valence electrons. The summed E-state index contributed by atoms with van der Waals surface area (Å²) < 4.78 is 0. The van der Waals surface area contributed by atoms with Crippen LogP contribution in [-0.2, 0) is 0 Å². The third kappa shape index (κ3) is 3.08. The van der Waals surface area contributed by atoms with Gasteiger partial charge in [-0.25, -0.2) is 0 Å². The molecule has 1 saturated heterocycles. The molecule has 2 rings (SSSR count). The van der Waals surface area contributed by atoms with E-state index >= 15 is 0 Å². The highest BCUT2D eigenvalue weighted by atomic mass is 15.2. The summed E-state index contributed by atoms with van der Waals surface area (Å²) >= 11 is 0. The second kappa shape index (κ2) is 6.38. The van der Waals surface area contributed by atoms with Crippen LogP contribution in [0.25, 0.3) is 0 Å². The molecule has 2 unspecified atom stereocenters. The van der Waals surface area contributed by atoms with E-state index in [1.165, 1.54) is 44.9 Å². The van der Waals surface area contributed by atoms with Crippen LogP contribution in [0, 0.1) is 11.8 Å². The van der Waals surface area contributed by atoms with Gasteiger partial charge < -0.3 is 5.73 Å². The third-order valence-electron chi connectivity index (χ3n) is 5.47. The van der Waals surface area contributed by atoms with Gasteiger partial charge in [-0.15, -0.1) is 0 Å². The van der Waals surface area contributed by atoms with Gasteiger partial charge in [-0.1, -0.05) is 20.3 Å². The Morgan fingerprint density at radius 3 is 2.28 bits per heavy atom. The number of piperidine rings is 1. The molecule has 2 atom stereocenters. The van der Waals surface area contributed by atoms with E-state index in [1.54, 1.807) is 0 Å². The van der Waals surface area contributed by atoms with Crippen LogP contribution in [0.15, 0.2) is 0 Å². The fourth-order valence-corrected chi connectivity index (χ4v) is 4.27. The van der Waals surface area contributed by atoms with Crippen molar-refractivity contribution in [1.82, 2.24) is 4.90 Å². The van der Waals surface area contributed by atoms with Crippen molar-refractivity contribution in [3.05, 3.63) is 0 Å². The van der Waals surface area contributed by atoms with Crippen molar-refractivity contribution in [1.29, 1.82) is 0 Å². The fourth-order valence-electron chi connectivity index (χ4n) is 4.27. The Kier molecular flexibility index (Phi) is 5.08. The molecule has 0 aromatic rings. The molecule has 0 aromatic carbocycles. The highest BCUT2D eigenvalue weighted by Crippen LogP contribution is 2.36. The van der Waals surface area contributed by atoms with Crippen molar-refractivity contribution < 1.29 is 0 Å². The number of nitrogens with two attached hydrogens (primary N) is 1. The van der Waals surface area contributed by atoms with Gasteiger partial charge in [0.05, 0.1) is 0 Å². The minimum atomic E-state index is 0.661. The van der Waals surface area contributed by atoms with Gasteiger partial charge in [0.2, 0.25) is 0 Å². The lowest BCUT2D eigenvalue weighted by Gasteiger charge is -2.47. The van der Waals surface area contributed by atoms with Gasteiger partial charge in [0.25, 0.3) is 0 Å². The summed E-state index contributed by atoms with van der Waals surface area (Å²) in [5.41, 5.74) is 6.00. The number of likely N-dealkylation sites (tertiary alicyclic amines) is 1. The van der Waals surface area contributed by atoms with Gasteiger partial charge in [0.1, 0.15) is 0 Å². The summed E-state index contributed by atoms with van der Waals surface area (Å²) in [4.78, 5) is 2.79. The topological polar surface area (TPSA) is 29.3 Å². The summed E-state index contributed by atoms with van der Waals surface area (Å²) in [6, 6.07) is 2.24. The minimum Gasteiger partial charge on any atom is -0.329 e. The maximum Gasteiger partial charge on any atom is 0.0224 e. The number of nitrogens with zero attached hydrogens (tertiary/aromatic N) is 1. The molecular formula is C16H32N2. The summed E-state index contributed by atoms with van der Waals surface area (Å²) in [6.07, 6.45) is 9.76. The second-order valence-electron chi connectivity index (χ2n) is 6.93. The van der Waals surface area contributed by atoms with Gasteiger partial charge in [-0.05, 0) is 57.3 Å². The normalized spacial score (nSPS) is 39.2. The van der Waals surface area contributed by atoms with E-state index in [0.29, 0.717) is 6.04 Å². The van der Waals surface area contributed by atoms with Crippen LogP contribution >= 0.6 is 0 Å². The molecule has 2 heteroatoms. The first-order valence-corrected chi connectivity index (χ1v) is 8.11. The number of hydrogen-bond donors (Lipinski definition) is 1. The average Bonchev–Trinajstić information content (AvgIpc) is 2.38. The van der Waals surface area contributed by atoms with E-state index in [9.17, 15) is 0 Å². The highest BCUT2D eigenvalue weighted by molar-refractivity contribution is 4.90. The Bertz CT molecular complexity index is 243. The van der Waals surface area contributed by atoms with Gasteiger partial charge in [0, 0.05) is 24.7 Å². The molecular weight excluding hydrogens is 220 g/mol. The predicted molar refractivity (Wildman–Crippen MR) is 78.6 cm³/mol. The molecule has 1 saturated carbocycles. The lowest BCUT2D eigenvalue weighted by molar-refractivity contribution is 0.0219. The summed E-state index contributed by atoms with van der Waals surface area (Å²) in [6.45, 7) is 8.04. The van der Waals surface area contributed by atoms with Gasteiger partial charge in [-0.2, -0.15) is 0 Å². The average molecular weight is 252 g/mol. The van der Waals surface area contributed by atoms with Crippen molar-refractivity contribution in [2.24, 2.45) is 17.6 Å². The zero-order valence-electron chi connectivity index (χ0n) is 12.6. The van der Waals surface area contributed by atoms with Gasteiger partial charge in [0.15, 0.2) is 0 Å². The third-order valence-corrected chi connectivity index (χ3v) is 5.47. The molecule has 1 aliphatic carbocycles. The Balaban J connectivity index is 1.94. The standard InChI is InChI=1S/C16H32N2/c1-12(2)14-7-9-15(10-8-14)18-13(3)5-4-6-16(18)11-17/h12-16H,4-11,17H2,1-3H3. The highest BCUT2D eigenvalue weighted by Gasteiger charge is 2.35. The SMILES string of the molecule is CC(C)C1CCC(N2C(C)CCCC2CN)CC1. The van der Waals surface area contributed by atoms with E-state index in [4.69, 9.17) is 5.73 Å². The van der Waals surface area contributed by atoms with Crippen molar-refractivity contribution in [3.8, 4) is 0 Å². The quantitative estimate of drug-likeness (QED) is 0.834. The van der Waals surface area contributed by atoms with Crippen molar-refractivity contribution >= 4 is 0 Å². The molecule has 1 aliphatic heterocycles. The number of rotatable bonds is 3. The van der Waals surface area contributed by atoms with Crippen LogP contribution in [0.5, 0.6) is 0 Å². The lowest BCUT2D eigenvalue weighted by Crippen LogP contribution is -2.54. The van der Waals surface area contributed by atoms with E-state index in [2.05, 4.69) is 25.7 Å². The lowest BCUT2D eigenvalue weighted by atomic mass is 9.78. The fraction of sp³-hybridized carbons (Fsp3) is 1.00. The molecule has 2 aliphatic rings. The van der Waals surface area contributed by atoms with Gasteiger partial charge in [-0.3, -0.25) is 4.90 Å². The first-order valence-electron chi connectivity index (χ1n) is 8.11.